The highest BCUT2D eigenvalue weighted by molar-refractivity contribution is 5.50. The fourth-order valence-electron chi connectivity index (χ4n) is 2.59. The third kappa shape index (κ3) is 3.45. The molecule has 0 unspecified atom stereocenters. The molecule has 0 aromatic carbocycles. The predicted octanol–water partition coefficient (Wildman–Crippen LogP) is 2.12. The van der Waals surface area contributed by atoms with Crippen molar-refractivity contribution in [3.05, 3.63) is 27.9 Å². The summed E-state index contributed by atoms with van der Waals surface area (Å²) in [6.45, 7) is 7.74. The van der Waals surface area contributed by atoms with Crippen LogP contribution in [0.4, 0.5) is 11.5 Å². The average Bonchev–Trinajstić information content (AvgIpc) is 2.46. The Bertz CT molecular complexity index is 470. The molecule has 1 saturated heterocycles. The van der Waals surface area contributed by atoms with Crippen LogP contribution in [0.3, 0.4) is 0 Å². The molecule has 1 aliphatic heterocycles. The SMILES string of the molecule is CCNCC1CCN(c2cc([N+](=O)[O-])c(C)cn2)CC1. The van der Waals surface area contributed by atoms with Crippen LogP contribution in [-0.4, -0.2) is 36.1 Å². The number of nitro groups is 1. The highest BCUT2D eigenvalue weighted by Crippen LogP contribution is 2.26. The number of rotatable bonds is 5. The van der Waals surface area contributed by atoms with E-state index in [1.54, 1.807) is 19.2 Å². The van der Waals surface area contributed by atoms with E-state index in [0.717, 1.165) is 44.8 Å². The number of anilines is 1. The molecule has 0 amide bonds. The molecule has 2 heterocycles. The van der Waals surface area contributed by atoms with Gasteiger partial charge >= 0.3 is 0 Å². The summed E-state index contributed by atoms with van der Waals surface area (Å²) in [6, 6.07) is 1.60. The molecule has 0 atom stereocenters. The van der Waals surface area contributed by atoms with Crippen LogP contribution in [0.25, 0.3) is 0 Å². The molecule has 0 spiro atoms. The van der Waals surface area contributed by atoms with Crippen molar-refractivity contribution < 1.29 is 4.92 Å². The molecule has 1 fully saturated rings. The lowest BCUT2D eigenvalue weighted by atomic mass is 9.97. The topological polar surface area (TPSA) is 71.3 Å². The van der Waals surface area contributed by atoms with Gasteiger partial charge in [-0.05, 0) is 38.8 Å². The molecule has 0 aliphatic carbocycles. The number of hydrogen-bond donors (Lipinski definition) is 1. The average molecular weight is 278 g/mol. The Labute approximate surface area is 119 Å². The van der Waals surface area contributed by atoms with Gasteiger partial charge in [-0.3, -0.25) is 10.1 Å². The quantitative estimate of drug-likeness (QED) is 0.660. The molecule has 1 aromatic heterocycles. The van der Waals surface area contributed by atoms with Crippen LogP contribution < -0.4 is 10.2 Å². The summed E-state index contributed by atoms with van der Waals surface area (Å²) in [6.07, 6.45) is 3.81. The summed E-state index contributed by atoms with van der Waals surface area (Å²) in [5.41, 5.74) is 0.769. The number of pyridine rings is 1. The van der Waals surface area contributed by atoms with Gasteiger partial charge in [0.2, 0.25) is 0 Å². The Morgan fingerprint density at radius 1 is 1.50 bits per heavy atom. The highest BCUT2D eigenvalue weighted by atomic mass is 16.6. The molecule has 0 saturated carbocycles. The molecule has 6 heteroatoms. The first-order valence-corrected chi connectivity index (χ1v) is 7.18. The smallest absolute Gasteiger partial charge is 0.277 e. The zero-order valence-corrected chi connectivity index (χ0v) is 12.1. The number of nitrogens with one attached hydrogen (secondary N) is 1. The van der Waals surface area contributed by atoms with Gasteiger partial charge in [0.1, 0.15) is 5.82 Å². The van der Waals surface area contributed by atoms with Crippen LogP contribution in [0.5, 0.6) is 0 Å². The van der Waals surface area contributed by atoms with Gasteiger partial charge < -0.3 is 10.2 Å². The van der Waals surface area contributed by atoms with Crippen molar-refractivity contribution in [2.24, 2.45) is 5.92 Å². The van der Waals surface area contributed by atoms with Crippen LogP contribution in [0.15, 0.2) is 12.3 Å². The molecular weight excluding hydrogens is 256 g/mol. The van der Waals surface area contributed by atoms with Crippen molar-refractivity contribution in [2.75, 3.05) is 31.1 Å². The van der Waals surface area contributed by atoms with Crippen LogP contribution >= 0.6 is 0 Å². The molecule has 1 N–H and O–H groups in total. The maximum Gasteiger partial charge on any atom is 0.277 e. The van der Waals surface area contributed by atoms with E-state index in [4.69, 9.17) is 0 Å². The molecule has 20 heavy (non-hydrogen) atoms. The third-order valence-corrected chi connectivity index (χ3v) is 3.88. The lowest BCUT2D eigenvalue weighted by molar-refractivity contribution is -0.385. The van der Waals surface area contributed by atoms with Crippen LogP contribution in [0.1, 0.15) is 25.3 Å². The first kappa shape index (κ1) is 14.7. The second-order valence-electron chi connectivity index (χ2n) is 5.32. The summed E-state index contributed by atoms with van der Waals surface area (Å²) in [5.74, 6) is 1.43. The van der Waals surface area contributed by atoms with E-state index >= 15 is 0 Å². The van der Waals surface area contributed by atoms with Crippen molar-refractivity contribution in [3.8, 4) is 0 Å². The van der Waals surface area contributed by atoms with Gasteiger partial charge in [-0.15, -0.1) is 0 Å². The first-order valence-electron chi connectivity index (χ1n) is 7.18. The summed E-state index contributed by atoms with van der Waals surface area (Å²) in [7, 11) is 0. The Hall–Kier alpha value is -1.69. The van der Waals surface area contributed by atoms with Crippen LogP contribution in [0, 0.1) is 23.0 Å². The van der Waals surface area contributed by atoms with Crippen molar-refractivity contribution >= 4 is 11.5 Å². The summed E-state index contributed by atoms with van der Waals surface area (Å²) in [5, 5.41) is 14.4. The van der Waals surface area contributed by atoms with Crippen LogP contribution in [0.2, 0.25) is 0 Å². The Morgan fingerprint density at radius 2 is 2.20 bits per heavy atom. The maximum atomic E-state index is 11.0. The van der Waals surface area contributed by atoms with Gasteiger partial charge in [-0.25, -0.2) is 4.98 Å². The summed E-state index contributed by atoms with van der Waals surface area (Å²) >= 11 is 0. The Kier molecular flexibility index (Phi) is 4.89. The predicted molar refractivity (Wildman–Crippen MR) is 79.1 cm³/mol. The second kappa shape index (κ2) is 6.65. The molecule has 2 rings (SSSR count). The molecule has 0 radical (unpaired) electrons. The monoisotopic (exact) mass is 278 g/mol. The number of aryl methyl sites for hydroxylation is 1. The van der Waals surface area contributed by atoms with Gasteiger partial charge in [0.05, 0.1) is 11.0 Å². The fourth-order valence-corrected chi connectivity index (χ4v) is 2.59. The second-order valence-corrected chi connectivity index (χ2v) is 5.32. The van der Waals surface area contributed by atoms with Crippen molar-refractivity contribution in [3.63, 3.8) is 0 Å². The Morgan fingerprint density at radius 3 is 2.80 bits per heavy atom. The van der Waals surface area contributed by atoms with Gasteiger partial charge in [0, 0.05) is 24.8 Å². The number of aromatic nitrogens is 1. The zero-order chi connectivity index (χ0) is 14.5. The maximum absolute atomic E-state index is 11.0. The number of hydrogen-bond acceptors (Lipinski definition) is 5. The fraction of sp³-hybridized carbons (Fsp3) is 0.643. The van der Waals surface area contributed by atoms with E-state index in [0.29, 0.717) is 11.5 Å². The van der Waals surface area contributed by atoms with E-state index in [1.807, 2.05) is 0 Å². The molecule has 1 aliphatic rings. The number of piperidine rings is 1. The normalized spacial score (nSPS) is 16.4. The molecule has 0 bridgehead atoms. The van der Waals surface area contributed by atoms with Gasteiger partial charge in [-0.1, -0.05) is 6.92 Å². The molecule has 110 valence electrons. The first-order chi connectivity index (χ1) is 9.61. The Balaban J connectivity index is 2.00. The van der Waals surface area contributed by atoms with Gasteiger partial charge in [0.15, 0.2) is 0 Å². The minimum atomic E-state index is -0.335. The minimum Gasteiger partial charge on any atom is -0.356 e. The summed E-state index contributed by atoms with van der Waals surface area (Å²) < 4.78 is 0. The van der Waals surface area contributed by atoms with E-state index < -0.39 is 0 Å². The third-order valence-electron chi connectivity index (χ3n) is 3.88. The lowest BCUT2D eigenvalue weighted by Gasteiger charge is -2.32. The van der Waals surface area contributed by atoms with E-state index in [-0.39, 0.29) is 10.6 Å². The summed E-state index contributed by atoms with van der Waals surface area (Å²) in [4.78, 5) is 17.1. The van der Waals surface area contributed by atoms with Gasteiger partial charge in [0.25, 0.3) is 5.69 Å². The molecule has 6 nitrogen and oxygen atoms in total. The zero-order valence-electron chi connectivity index (χ0n) is 12.1. The lowest BCUT2D eigenvalue weighted by Crippen LogP contribution is -2.37. The van der Waals surface area contributed by atoms with E-state index in [2.05, 4.69) is 22.1 Å². The number of nitrogens with zero attached hydrogens (tertiary/aromatic N) is 3. The van der Waals surface area contributed by atoms with Gasteiger partial charge in [-0.2, -0.15) is 0 Å². The largest absolute Gasteiger partial charge is 0.356 e. The van der Waals surface area contributed by atoms with Crippen molar-refractivity contribution in [1.29, 1.82) is 0 Å². The van der Waals surface area contributed by atoms with Crippen molar-refractivity contribution in [2.45, 2.75) is 26.7 Å². The van der Waals surface area contributed by atoms with Crippen LogP contribution in [-0.2, 0) is 0 Å². The minimum absolute atomic E-state index is 0.157. The standard InChI is InChI=1S/C14H22N4O2/c1-3-15-10-12-4-6-17(7-5-12)14-8-13(18(19)20)11(2)9-16-14/h8-9,12,15H,3-7,10H2,1-2H3. The van der Waals surface area contributed by atoms with E-state index in [1.165, 1.54) is 0 Å². The van der Waals surface area contributed by atoms with E-state index in [9.17, 15) is 10.1 Å². The van der Waals surface area contributed by atoms with Crippen molar-refractivity contribution in [1.82, 2.24) is 10.3 Å². The molecule has 1 aromatic rings. The highest BCUT2D eigenvalue weighted by Gasteiger charge is 2.22. The molecular formula is C14H22N4O2.